The summed E-state index contributed by atoms with van der Waals surface area (Å²) in [4.78, 5) is 27.3. The molecule has 62 heavy (non-hydrogen) atoms. The number of nitrogens with zero attached hydrogens (tertiary/aromatic N) is 12. The van der Waals surface area contributed by atoms with Crippen LogP contribution in [0.4, 0.5) is 0 Å². The molecule has 0 aliphatic carbocycles. The Kier molecular flexibility index (Phi) is 11.6. The molecule has 14 heteroatoms. The molecule has 2 aliphatic heterocycles. The fraction of sp³-hybridized carbons (Fsp3) is 0.250. The van der Waals surface area contributed by atoms with Crippen LogP contribution in [0, 0.1) is 13.8 Å². The van der Waals surface area contributed by atoms with Crippen molar-refractivity contribution in [3.63, 3.8) is 0 Å². The first kappa shape index (κ1) is 40.0. The van der Waals surface area contributed by atoms with E-state index in [4.69, 9.17) is 29.6 Å². The molecule has 0 radical (unpaired) electrons. The van der Waals surface area contributed by atoms with Gasteiger partial charge in [0.15, 0.2) is 34.8 Å². The molecule has 0 amide bonds. The number of fused-ring (bicyclic) bond motifs is 2. The van der Waals surface area contributed by atoms with E-state index in [1.807, 2.05) is 106 Å². The Labute approximate surface area is 360 Å². The molecule has 0 bridgehead atoms. The number of ether oxygens (including phenoxy) is 2. The van der Waals surface area contributed by atoms with Crippen molar-refractivity contribution in [2.24, 2.45) is 0 Å². The van der Waals surface area contributed by atoms with Crippen molar-refractivity contribution < 1.29 is 9.47 Å². The fourth-order valence-corrected chi connectivity index (χ4v) is 8.07. The maximum Gasteiger partial charge on any atom is 0.180 e. The molecular formula is C48H48N12O2. The predicted octanol–water partition coefficient (Wildman–Crippen LogP) is 8.54. The lowest BCUT2D eigenvalue weighted by atomic mass is 9.91. The van der Waals surface area contributed by atoms with Gasteiger partial charge in [0.25, 0.3) is 0 Å². The highest BCUT2D eigenvalue weighted by molar-refractivity contribution is 5.68. The number of methoxy groups -OCH3 is 2. The van der Waals surface area contributed by atoms with Gasteiger partial charge in [-0.3, -0.25) is 9.13 Å². The summed E-state index contributed by atoms with van der Waals surface area (Å²) in [6.07, 6.45) is 23.2. The number of hydrogen-bond donors (Lipinski definition) is 0. The van der Waals surface area contributed by atoms with E-state index < -0.39 is 0 Å². The fourth-order valence-electron chi connectivity index (χ4n) is 8.07. The molecule has 0 saturated carbocycles. The molecule has 0 unspecified atom stereocenters. The monoisotopic (exact) mass is 824 g/mol. The number of hydrogen-bond acceptors (Lipinski definition) is 10. The van der Waals surface area contributed by atoms with Crippen LogP contribution in [0.2, 0.25) is 0 Å². The van der Waals surface area contributed by atoms with Crippen LogP contribution >= 0.6 is 0 Å². The molecule has 0 N–H and O–H groups in total. The van der Waals surface area contributed by atoms with Crippen LogP contribution in [0.5, 0.6) is 11.5 Å². The van der Waals surface area contributed by atoms with Gasteiger partial charge in [0.05, 0.1) is 25.6 Å². The molecule has 6 aromatic heterocycles. The van der Waals surface area contributed by atoms with Gasteiger partial charge in [-0.05, 0) is 98.2 Å². The Morgan fingerprint density at radius 2 is 1.00 bits per heavy atom. The van der Waals surface area contributed by atoms with Crippen molar-refractivity contribution in [1.29, 1.82) is 0 Å². The largest absolute Gasteiger partial charge is 0.493 e. The molecule has 10 rings (SSSR count). The number of rotatable bonds is 10. The molecule has 8 heterocycles. The zero-order valence-electron chi connectivity index (χ0n) is 35.3. The van der Waals surface area contributed by atoms with E-state index >= 15 is 0 Å². The second-order valence-corrected chi connectivity index (χ2v) is 15.4. The number of pyridine rings is 2. The average molecular weight is 825 g/mol. The van der Waals surface area contributed by atoms with E-state index in [0.717, 1.165) is 72.9 Å². The third kappa shape index (κ3) is 8.71. The third-order valence-electron chi connectivity index (χ3n) is 11.1. The maximum absolute atomic E-state index is 5.55. The molecule has 0 saturated heterocycles. The van der Waals surface area contributed by atoms with Crippen molar-refractivity contribution >= 4 is 24.3 Å². The van der Waals surface area contributed by atoms with Crippen molar-refractivity contribution in [2.75, 3.05) is 14.2 Å². The van der Waals surface area contributed by atoms with Crippen LogP contribution in [-0.4, -0.2) is 72.8 Å². The lowest BCUT2D eigenvalue weighted by Gasteiger charge is -2.22. The van der Waals surface area contributed by atoms with Crippen LogP contribution in [0.15, 0.2) is 110 Å². The molecule has 14 nitrogen and oxygen atoms in total. The first-order chi connectivity index (χ1) is 30.4. The zero-order valence-corrected chi connectivity index (χ0v) is 35.3. The minimum atomic E-state index is 0.296. The number of aromatic nitrogens is 12. The average Bonchev–Trinajstić information content (AvgIpc) is 4.15. The summed E-state index contributed by atoms with van der Waals surface area (Å²) in [5.41, 5.74) is 6.29. The smallest absolute Gasteiger partial charge is 0.180 e. The van der Waals surface area contributed by atoms with Gasteiger partial charge in [-0.1, -0.05) is 60.7 Å². The maximum atomic E-state index is 5.55. The molecule has 2 aromatic carbocycles. The van der Waals surface area contributed by atoms with Gasteiger partial charge < -0.3 is 9.47 Å². The van der Waals surface area contributed by atoms with Crippen molar-refractivity contribution in [3.8, 4) is 23.1 Å². The van der Waals surface area contributed by atoms with Gasteiger partial charge in [0, 0.05) is 49.7 Å². The van der Waals surface area contributed by atoms with Crippen molar-refractivity contribution in [3.05, 3.63) is 167 Å². The summed E-state index contributed by atoms with van der Waals surface area (Å²) < 4.78 is 18.9. The number of benzene rings is 2. The van der Waals surface area contributed by atoms with E-state index in [1.54, 1.807) is 26.9 Å². The van der Waals surface area contributed by atoms with Gasteiger partial charge >= 0.3 is 0 Å². The lowest BCUT2D eigenvalue weighted by Crippen LogP contribution is -2.17. The van der Waals surface area contributed by atoms with Crippen LogP contribution in [0.25, 0.3) is 35.9 Å². The van der Waals surface area contributed by atoms with E-state index in [0.29, 0.717) is 46.6 Å². The SMILES string of the molecule is COc1cc(/C=C/c2nc3n(n2)CCC[C@@H]3c2ccccc2)cnc1-n1cnc(C)c1.COc1cc(/C=C/c2nc3n(n2)CCC[C@H]3c2ccccc2)cnc1-n1cnc(C)c1. The molecular weight excluding hydrogens is 777 g/mol. The molecule has 312 valence electrons. The Morgan fingerprint density at radius 1 is 0.565 bits per heavy atom. The highest BCUT2D eigenvalue weighted by Gasteiger charge is 2.26. The summed E-state index contributed by atoms with van der Waals surface area (Å²) >= 11 is 0. The lowest BCUT2D eigenvalue weighted by molar-refractivity contribution is 0.410. The Morgan fingerprint density at radius 3 is 1.39 bits per heavy atom. The number of imidazole rings is 2. The minimum Gasteiger partial charge on any atom is -0.493 e. The normalized spacial score (nSPS) is 15.9. The van der Waals surface area contributed by atoms with Crippen LogP contribution in [0.3, 0.4) is 0 Å². The van der Waals surface area contributed by atoms with Crippen molar-refractivity contribution in [1.82, 2.24) is 58.6 Å². The highest BCUT2D eigenvalue weighted by Crippen LogP contribution is 2.34. The van der Waals surface area contributed by atoms with Gasteiger partial charge in [0.1, 0.15) is 24.3 Å². The van der Waals surface area contributed by atoms with Gasteiger partial charge in [0.2, 0.25) is 0 Å². The topological polar surface area (TPSA) is 141 Å². The quantitative estimate of drug-likeness (QED) is 0.132. The van der Waals surface area contributed by atoms with Crippen LogP contribution in [0.1, 0.15) is 94.5 Å². The first-order valence-corrected chi connectivity index (χ1v) is 20.9. The Balaban J connectivity index is 0.000000158. The van der Waals surface area contributed by atoms with E-state index in [-0.39, 0.29) is 0 Å². The van der Waals surface area contributed by atoms with E-state index in [9.17, 15) is 0 Å². The molecule has 0 spiro atoms. The Hall–Kier alpha value is -7.48. The third-order valence-corrected chi connectivity index (χ3v) is 11.1. The Bertz CT molecular complexity index is 2640. The van der Waals surface area contributed by atoms with Gasteiger partial charge in [-0.25, -0.2) is 39.3 Å². The summed E-state index contributed by atoms with van der Waals surface area (Å²) in [7, 11) is 3.29. The highest BCUT2D eigenvalue weighted by atomic mass is 16.5. The van der Waals surface area contributed by atoms with Crippen LogP contribution in [-0.2, 0) is 13.1 Å². The summed E-state index contributed by atoms with van der Waals surface area (Å²) in [6, 6.07) is 25.0. The minimum absolute atomic E-state index is 0.296. The second kappa shape index (κ2) is 18.0. The first-order valence-electron chi connectivity index (χ1n) is 20.9. The standard InChI is InChI=1S/2C24H24N6O/c2*1-17-15-29(16-26-17)24-21(31-2)13-18(14-25-24)10-11-22-27-23-20(9-6-12-30(23)28-22)19-7-4-3-5-8-19/h2*3-5,7-8,10-11,13-16,20H,6,9,12H2,1-2H3/b2*11-10+/t2*20-/m10/s1. The molecule has 2 aliphatic rings. The predicted molar refractivity (Wildman–Crippen MR) is 238 cm³/mol. The number of aryl methyl sites for hydroxylation is 4. The van der Waals surface area contributed by atoms with Gasteiger partial charge in [-0.15, -0.1) is 0 Å². The molecule has 8 aromatic rings. The molecule has 0 fully saturated rings. The second-order valence-electron chi connectivity index (χ2n) is 15.4. The van der Waals surface area contributed by atoms with E-state index in [1.165, 1.54) is 11.1 Å². The van der Waals surface area contributed by atoms with Crippen molar-refractivity contribution in [2.45, 2.75) is 64.5 Å². The summed E-state index contributed by atoms with van der Waals surface area (Å²) in [5, 5.41) is 9.41. The van der Waals surface area contributed by atoms with E-state index in [2.05, 4.69) is 68.5 Å². The van der Waals surface area contributed by atoms with Crippen LogP contribution < -0.4 is 9.47 Å². The summed E-state index contributed by atoms with van der Waals surface area (Å²) in [6.45, 7) is 5.71. The molecule has 2 atom stereocenters. The summed E-state index contributed by atoms with van der Waals surface area (Å²) in [5.74, 6) is 6.88. The van der Waals surface area contributed by atoms with Gasteiger partial charge in [-0.2, -0.15) is 10.2 Å². The zero-order chi connectivity index (χ0) is 42.4.